The highest BCUT2D eigenvalue weighted by molar-refractivity contribution is 6.31. The molecule has 0 amide bonds. The van der Waals surface area contributed by atoms with Gasteiger partial charge in [0.15, 0.2) is 0 Å². The molecule has 0 radical (unpaired) electrons. The lowest BCUT2D eigenvalue weighted by molar-refractivity contribution is -0.176. The van der Waals surface area contributed by atoms with Crippen molar-refractivity contribution in [3.8, 4) is 0 Å². The van der Waals surface area contributed by atoms with Crippen molar-refractivity contribution < 1.29 is 45.0 Å². The largest absolute Gasteiger partial charge is 0.411 e. The number of rotatable bonds is 4. The average molecular weight is 522 g/mol. The Morgan fingerprint density at radius 3 is 1.52 bits per heavy atom. The Morgan fingerprint density at radius 2 is 1.16 bits per heavy atom. The molecule has 0 atom stereocenters. The average Bonchev–Trinajstić information content (AvgIpc) is 2.59. The quantitative estimate of drug-likeness (QED) is 0.338. The summed E-state index contributed by atoms with van der Waals surface area (Å²) in [6.45, 7) is -3.41. The van der Waals surface area contributed by atoms with E-state index in [4.69, 9.17) is 39.9 Å². The molecule has 0 aliphatic rings. The number of hydrogen-bond donors (Lipinski definition) is 1. The highest BCUT2D eigenvalue weighted by Gasteiger charge is 2.27. The van der Waals surface area contributed by atoms with Crippen LogP contribution >= 0.6 is 34.8 Å². The molecule has 2 aromatic rings. The fourth-order valence-corrected chi connectivity index (χ4v) is 2.31. The number of aliphatic hydroxyl groups excluding tert-OH is 1. The number of benzene rings is 2. The van der Waals surface area contributed by atoms with Crippen LogP contribution in [0, 0.1) is 11.6 Å². The number of hydrogen-bond acceptors (Lipinski definition) is 2. The molecule has 176 valence electrons. The Bertz CT molecular complexity index is 758. The summed E-state index contributed by atoms with van der Waals surface area (Å²) >= 11 is 16.5. The molecule has 0 aliphatic heterocycles. The van der Waals surface area contributed by atoms with Crippen molar-refractivity contribution in [3.63, 3.8) is 0 Å². The maximum absolute atomic E-state index is 12.7. The van der Waals surface area contributed by atoms with Gasteiger partial charge in [0.25, 0.3) is 0 Å². The fraction of sp³-hybridized carbons (Fsp3) is 0.333. The fourth-order valence-electron chi connectivity index (χ4n) is 1.67. The Hall–Kier alpha value is -1.33. The summed E-state index contributed by atoms with van der Waals surface area (Å²) in [5.74, 6) is -0.659. The van der Waals surface area contributed by atoms with Crippen LogP contribution in [0.2, 0.25) is 10.0 Å². The van der Waals surface area contributed by atoms with Crippen molar-refractivity contribution in [1.29, 1.82) is 0 Å². The van der Waals surface area contributed by atoms with Crippen LogP contribution in [0.1, 0.15) is 11.1 Å². The standard InChI is InChI=1S/C9H7ClF4O.C7H5Cl2F.C2H3F3O/c10-7-1-6(2-8(11)3-7)4-15-5-9(12,13)14;8-4-5-1-6(9)3-7(10)2-5;3-2(4,5)1-6/h1-3H,4-5H2;1-3H,4H2;6H,1H2. The lowest BCUT2D eigenvalue weighted by atomic mass is 10.2. The van der Waals surface area contributed by atoms with Crippen LogP contribution in [0.5, 0.6) is 0 Å². The molecule has 2 nitrogen and oxygen atoms in total. The number of alkyl halides is 7. The SMILES string of the molecule is Fc1cc(Cl)cc(CCl)c1.Fc1cc(Cl)cc(COCC(F)(F)F)c1.OCC(F)(F)F. The van der Waals surface area contributed by atoms with Crippen molar-refractivity contribution >= 4 is 34.8 Å². The lowest BCUT2D eigenvalue weighted by Crippen LogP contribution is -2.16. The van der Waals surface area contributed by atoms with E-state index in [1.165, 1.54) is 18.2 Å². The topological polar surface area (TPSA) is 29.5 Å². The number of aliphatic hydroxyl groups is 1. The second kappa shape index (κ2) is 13.9. The summed E-state index contributed by atoms with van der Waals surface area (Å²) in [5.41, 5.74) is 0.968. The minimum Gasteiger partial charge on any atom is -0.387 e. The van der Waals surface area contributed by atoms with Gasteiger partial charge in [0, 0.05) is 15.9 Å². The molecule has 31 heavy (non-hydrogen) atoms. The first-order chi connectivity index (χ1) is 14.1. The summed E-state index contributed by atoms with van der Waals surface area (Å²) in [6.07, 6.45) is -8.78. The number of halogens is 11. The van der Waals surface area contributed by atoms with Crippen LogP contribution in [0.4, 0.5) is 35.1 Å². The highest BCUT2D eigenvalue weighted by atomic mass is 35.5. The van der Waals surface area contributed by atoms with Gasteiger partial charge in [-0.2, -0.15) is 26.3 Å². The first-order valence-corrected chi connectivity index (χ1v) is 9.22. The summed E-state index contributed by atoms with van der Waals surface area (Å²) in [6, 6.07) is 7.73. The molecule has 0 fully saturated rings. The van der Waals surface area contributed by atoms with E-state index < -0.39 is 31.4 Å². The molecule has 0 spiro atoms. The van der Waals surface area contributed by atoms with Gasteiger partial charge in [-0.25, -0.2) is 8.78 Å². The van der Waals surface area contributed by atoms with E-state index in [0.717, 1.165) is 12.1 Å². The van der Waals surface area contributed by atoms with Gasteiger partial charge in [-0.15, -0.1) is 11.6 Å². The van der Waals surface area contributed by atoms with E-state index in [9.17, 15) is 35.1 Å². The molecule has 0 saturated carbocycles. The van der Waals surface area contributed by atoms with Crippen LogP contribution in [0.3, 0.4) is 0 Å². The van der Waals surface area contributed by atoms with Gasteiger partial charge in [0.05, 0.1) is 6.61 Å². The summed E-state index contributed by atoms with van der Waals surface area (Å²) in [4.78, 5) is 0. The smallest absolute Gasteiger partial charge is 0.387 e. The molecule has 1 N–H and O–H groups in total. The molecule has 0 bridgehead atoms. The van der Waals surface area contributed by atoms with E-state index >= 15 is 0 Å². The van der Waals surface area contributed by atoms with E-state index in [1.54, 1.807) is 6.07 Å². The van der Waals surface area contributed by atoms with E-state index in [0.29, 0.717) is 10.6 Å². The van der Waals surface area contributed by atoms with Crippen molar-refractivity contribution in [3.05, 3.63) is 69.2 Å². The van der Waals surface area contributed by atoms with Gasteiger partial charge in [-0.3, -0.25) is 0 Å². The van der Waals surface area contributed by atoms with Gasteiger partial charge in [0.1, 0.15) is 24.8 Å². The van der Waals surface area contributed by atoms with Gasteiger partial charge in [-0.1, -0.05) is 23.2 Å². The van der Waals surface area contributed by atoms with Crippen LogP contribution in [-0.2, 0) is 17.2 Å². The van der Waals surface area contributed by atoms with Gasteiger partial charge in [-0.05, 0) is 47.5 Å². The monoisotopic (exact) mass is 520 g/mol. The van der Waals surface area contributed by atoms with Gasteiger partial charge in [0.2, 0.25) is 0 Å². The summed E-state index contributed by atoms with van der Waals surface area (Å²) in [5, 5.41) is 7.79. The normalized spacial score (nSPS) is 11.2. The highest BCUT2D eigenvalue weighted by Crippen LogP contribution is 2.18. The second-order valence-electron chi connectivity index (χ2n) is 5.57. The maximum Gasteiger partial charge on any atom is 0.411 e. The Balaban J connectivity index is 0.000000484. The molecular weight excluding hydrogens is 507 g/mol. The minimum atomic E-state index is -4.40. The Labute approximate surface area is 187 Å². The van der Waals surface area contributed by atoms with Crippen molar-refractivity contribution in [2.45, 2.75) is 24.8 Å². The summed E-state index contributed by atoms with van der Waals surface area (Å²) in [7, 11) is 0. The molecule has 0 aromatic heterocycles. The summed E-state index contributed by atoms with van der Waals surface area (Å²) < 4.78 is 96.2. The van der Waals surface area contributed by atoms with Crippen LogP contribution in [0.15, 0.2) is 36.4 Å². The third-order valence-corrected chi connectivity index (χ3v) is 3.46. The third kappa shape index (κ3) is 17.0. The van der Waals surface area contributed by atoms with Gasteiger partial charge < -0.3 is 9.84 Å². The Kier molecular flexibility index (Phi) is 13.3. The molecule has 0 unspecified atom stereocenters. The van der Waals surface area contributed by atoms with Crippen molar-refractivity contribution in [2.75, 3.05) is 13.2 Å². The van der Waals surface area contributed by atoms with Crippen LogP contribution in [0.25, 0.3) is 0 Å². The zero-order valence-corrected chi connectivity index (χ0v) is 17.6. The predicted molar refractivity (Wildman–Crippen MR) is 101 cm³/mol. The maximum atomic E-state index is 12.7. The zero-order valence-electron chi connectivity index (χ0n) is 15.3. The van der Waals surface area contributed by atoms with Crippen molar-refractivity contribution in [1.82, 2.24) is 0 Å². The number of ether oxygens (including phenoxy) is 1. The molecular formula is C18H15Cl3F8O2. The molecule has 13 heteroatoms. The molecule has 2 aromatic carbocycles. The predicted octanol–water partition coefficient (Wildman–Crippen LogP) is 7.32. The van der Waals surface area contributed by atoms with Gasteiger partial charge >= 0.3 is 12.4 Å². The molecule has 2 rings (SSSR count). The third-order valence-electron chi connectivity index (χ3n) is 2.71. The van der Waals surface area contributed by atoms with E-state index in [-0.39, 0.29) is 28.9 Å². The molecule has 0 aliphatic carbocycles. The molecule has 0 heterocycles. The van der Waals surface area contributed by atoms with Crippen LogP contribution in [-0.4, -0.2) is 30.7 Å². The Morgan fingerprint density at radius 1 is 0.742 bits per heavy atom. The zero-order chi connectivity index (χ0) is 24.2. The van der Waals surface area contributed by atoms with E-state index in [1.807, 2.05) is 0 Å². The first kappa shape index (κ1) is 29.7. The lowest BCUT2D eigenvalue weighted by Gasteiger charge is -2.07. The minimum absolute atomic E-state index is 0.126. The first-order valence-electron chi connectivity index (χ1n) is 7.93. The van der Waals surface area contributed by atoms with Crippen LogP contribution < -0.4 is 0 Å². The van der Waals surface area contributed by atoms with Crippen molar-refractivity contribution in [2.24, 2.45) is 0 Å². The van der Waals surface area contributed by atoms with E-state index in [2.05, 4.69) is 4.74 Å². The second-order valence-corrected chi connectivity index (χ2v) is 6.71. The molecule has 0 saturated heterocycles.